The third kappa shape index (κ3) is 6.82. The van der Waals surface area contributed by atoms with Gasteiger partial charge >= 0.3 is 0 Å². The molecule has 124 valence electrons. The first-order valence-corrected chi connectivity index (χ1v) is 7.99. The summed E-state index contributed by atoms with van der Waals surface area (Å²) in [6.07, 6.45) is -2.14. The van der Waals surface area contributed by atoms with Crippen molar-refractivity contribution in [1.29, 1.82) is 0 Å². The lowest BCUT2D eigenvalue weighted by Crippen LogP contribution is -2.00. The van der Waals surface area contributed by atoms with Gasteiger partial charge in [-0.25, -0.2) is 8.78 Å². The average Bonchev–Trinajstić information content (AvgIpc) is 2.52. The van der Waals surface area contributed by atoms with Crippen molar-refractivity contribution < 1.29 is 8.78 Å². The van der Waals surface area contributed by atoms with E-state index in [9.17, 15) is 8.78 Å². The molecule has 0 radical (unpaired) electrons. The number of halogens is 3. The van der Waals surface area contributed by atoms with E-state index < -0.39 is 6.43 Å². The highest BCUT2D eigenvalue weighted by Crippen LogP contribution is 2.23. The van der Waals surface area contributed by atoms with Gasteiger partial charge in [0.05, 0.1) is 0 Å². The highest BCUT2D eigenvalue weighted by Gasteiger charge is 2.04. The van der Waals surface area contributed by atoms with Crippen LogP contribution >= 0.6 is 15.9 Å². The quantitative estimate of drug-likeness (QED) is 0.628. The zero-order valence-corrected chi connectivity index (χ0v) is 14.8. The fraction of sp³-hybridized carbons (Fsp3) is 0.222. The first-order valence-electron chi connectivity index (χ1n) is 7.19. The summed E-state index contributed by atoms with van der Waals surface area (Å²) in [6.45, 7) is 7.56. The number of aryl methyl sites for hydroxylation is 1. The molecule has 0 bridgehead atoms. The Bertz CT molecular complexity index is 640. The molecule has 0 aliphatic heterocycles. The number of hydrogen-bond donors (Lipinski definition) is 2. The second kappa shape index (κ2) is 9.30. The van der Waals surface area contributed by atoms with Gasteiger partial charge in [0.2, 0.25) is 6.43 Å². The zero-order chi connectivity index (χ0) is 17.4. The summed E-state index contributed by atoms with van der Waals surface area (Å²) in [5.41, 5.74) is 10.6. The fourth-order valence-corrected chi connectivity index (χ4v) is 2.00. The molecule has 3 N–H and O–H groups in total. The van der Waals surface area contributed by atoms with Gasteiger partial charge in [0.15, 0.2) is 0 Å². The Balaban J connectivity index is 0.000000463. The van der Waals surface area contributed by atoms with Crippen molar-refractivity contribution >= 4 is 33.0 Å². The van der Waals surface area contributed by atoms with Gasteiger partial charge in [-0.15, -0.1) is 0 Å². The van der Waals surface area contributed by atoms with Crippen LogP contribution in [0.2, 0.25) is 0 Å². The highest BCUT2D eigenvalue weighted by atomic mass is 79.9. The van der Waals surface area contributed by atoms with Crippen LogP contribution in [0.1, 0.15) is 24.5 Å². The molecule has 2 rings (SSSR count). The molecule has 23 heavy (non-hydrogen) atoms. The van der Waals surface area contributed by atoms with E-state index in [1.165, 1.54) is 6.92 Å². The second-order valence-electron chi connectivity index (χ2n) is 4.98. The highest BCUT2D eigenvalue weighted by molar-refractivity contribution is 9.10. The van der Waals surface area contributed by atoms with Gasteiger partial charge in [-0.05, 0) is 48.9 Å². The Hall–Kier alpha value is -1.88. The van der Waals surface area contributed by atoms with Gasteiger partial charge in [0.1, 0.15) is 0 Å². The van der Waals surface area contributed by atoms with Crippen molar-refractivity contribution in [2.24, 2.45) is 0 Å². The molecule has 0 saturated carbocycles. The summed E-state index contributed by atoms with van der Waals surface area (Å²) in [4.78, 5) is 0. The molecule has 2 aromatic carbocycles. The summed E-state index contributed by atoms with van der Waals surface area (Å²) in [5, 5.41) is 3.28. The topological polar surface area (TPSA) is 38.0 Å². The minimum atomic E-state index is -2.12. The minimum absolute atomic E-state index is 0.0278. The van der Waals surface area contributed by atoms with Gasteiger partial charge in [-0.2, -0.15) is 0 Å². The number of nitrogen functional groups attached to an aromatic ring is 1. The lowest BCUT2D eigenvalue weighted by Gasteiger charge is -2.13. The van der Waals surface area contributed by atoms with Gasteiger partial charge in [-0.3, -0.25) is 0 Å². The molecular weight excluding hydrogens is 362 g/mol. The van der Waals surface area contributed by atoms with Crippen LogP contribution in [-0.2, 0) is 0 Å². The maximum Gasteiger partial charge on any atom is 0.238 e. The van der Waals surface area contributed by atoms with Crippen LogP contribution in [0.3, 0.4) is 0 Å². The number of rotatable bonds is 4. The Morgan fingerprint density at radius 3 is 2.30 bits per heavy atom. The van der Waals surface area contributed by atoms with Gasteiger partial charge in [0, 0.05) is 33.5 Å². The molecule has 2 nitrogen and oxygen atoms in total. The number of hydrogen-bond acceptors (Lipinski definition) is 2. The first-order chi connectivity index (χ1) is 10.8. The van der Waals surface area contributed by atoms with E-state index in [1.807, 2.05) is 49.4 Å². The van der Waals surface area contributed by atoms with Crippen molar-refractivity contribution in [1.82, 2.24) is 0 Å². The molecule has 0 aromatic heterocycles. The summed E-state index contributed by atoms with van der Waals surface area (Å²) in [7, 11) is 0. The van der Waals surface area contributed by atoms with Crippen molar-refractivity contribution in [2.75, 3.05) is 11.1 Å². The largest absolute Gasteiger partial charge is 0.399 e. The third-order valence-electron chi connectivity index (χ3n) is 3.03. The van der Waals surface area contributed by atoms with Crippen molar-refractivity contribution in [3.63, 3.8) is 0 Å². The van der Waals surface area contributed by atoms with E-state index >= 15 is 0 Å². The van der Waals surface area contributed by atoms with E-state index in [-0.39, 0.29) is 6.42 Å². The summed E-state index contributed by atoms with van der Waals surface area (Å²) in [6, 6.07) is 13.8. The SMILES string of the molecule is C=C(Nc1ccc(Br)cc1)c1cc(N)ccc1C.CCC(F)F. The molecule has 0 unspecified atom stereocenters. The summed E-state index contributed by atoms with van der Waals surface area (Å²) < 4.78 is 22.6. The van der Waals surface area contributed by atoms with Crippen LogP contribution < -0.4 is 11.1 Å². The number of nitrogens with one attached hydrogen (secondary N) is 1. The second-order valence-corrected chi connectivity index (χ2v) is 5.90. The van der Waals surface area contributed by atoms with E-state index in [2.05, 4.69) is 27.8 Å². The van der Waals surface area contributed by atoms with Crippen molar-refractivity contribution in [3.05, 3.63) is 64.6 Å². The normalized spacial score (nSPS) is 10.0. The molecule has 0 fully saturated rings. The van der Waals surface area contributed by atoms with Crippen molar-refractivity contribution in [2.45, 2.75) is 26.7 Å². The molecule has 5 heteroatoms. The van der Waals surface area contributed by atoms with Crippen LogP contribution in [0.4, 0.5) is 20.2 Å². The fourth-order valence-electron chi connectivity index (χ4n) is 1.74. The summed E-state index contributed by atoms with van der Waals surface area (Å²) in [5.74, 6) is 0. The van der Waals surface area contributed by atoms with Crippen LogP contribution in [-0.4, -0.2) is 6.43 Å². The smallest absolute Gasteiger partial charge is 0.238 e. The summed E-state index contributed by atoms with van der Waals surface area (Å²) >= 11 is 3.41. The van der Waals surface area contributed by atoms with Gasteiger partial charge in [0.25, 0.3) is 0 Å². The lowest BCUT2D eigenvalue weighted by atomic mass is 10.1. The maximum atomic E-state index is 10.8. The predicted molar refractivity (Wildman–Crippen MR) is 98.7 cm³/mol. The molecule has 0 heterocycles. The minimum Gasteiger partial charge on any atom is -0.399 e. The number of benzene rings is 2. The molecule has 0 atom stereocenters. The maximum absolute atomic E-state index is 10.8. The molecular formula is C18H21BrF2N2. The molecule has 0 saturated heterocycles. The number of anilines is 2. The molecule has 0 amide bonds. The van der Waals surface area contributed by atoms with Gasteiger partial charge in [-0.1, -0.05) is 35.5 Å². The number of nitrogens with two attached hydrogens (primary N) is 1. The standard InChI is InChI=1S/C15H15BrN2.C3H6F2/c1-10-3-6-13(17)9-15(10)11(2)18-14-7-4-12(16)5-8-14;1-2-3(4)5/h3-9,18H,2,17H2,1H3;3H,2H2,1H3. The molecule has 2 aromatic rings. The van der Waals surface area contributed by atoms with Crippen molar-refractivity contribution in [3.8, 4) is 0 Å². The average molecular weight is 383 g/mol. The Morgan fingerprint density at radius 1 is 1.22 bits per heavy atom. The van der Waals surface area contributed by atoms with E-state index in [0.29, 0.717) is 0 Å². The molecule has 0 aliphatic rings. The van der Waals surface area contributed by atoms with E-state index in [1.54, 1.807) is 0 Å². The lowest BCUT2D eigenvalue weighted by molar-refractivity contribution is 0.144. The van der Waals surface area contributed by atoms with Crippen LogP contribution in [0.25, 0.3) is 5.70 Å². The van der Waals surface area contributed by atoms with E-state index in [0.717, 1.165) is 32.7 Å². The first kappa shape index (κ1) is 19.2. The Kier molecular flexibility index (Phi) is 7.75. The van der Waals surface area contributed by atoms with Crippen LogP contribution in [0.5, 0.6) is 0 Å². The van der Waals surface area contributed by atoms with Gasteiger partial charge < -0.3 is 11.1 Å². The molecule has 0 spiro atoms. The molecule has 0 aliphatic carbocycles. The Labute approximate surface area is 144 Å². The monoisotopic (exact) mass is 382 g/mol. The van der Waals surface area contributed by atoms with Crippen LogP contribution in [0.15, 0.2) is 53.5 Å². The predicted octanol–water partition coefficient (Wildman–Crippen LogP) is 6.08. The Morgan fingerprint density at radius 2 is 1.78 bits per heavy atom. The third-order valence-corrected chi connectivity index (χ3v) is 3.56. The van der Waals surface area contributed by atoms with Crippen LogP contribution in [0, 0.1) is 6.92 Å². The zero-order valence-electron chi connectivity index (χ0n) is 13.2. The number of alkyl halides is 2. The van der Waals surface area contributed by atoms with E-state index in [4.69, 9.17) is 5.73 Å².